The first-order valence-corrected chi connectivity index (χ1v) is 6.99. The predicted octanol–water partition coefficient (Wildman–Crippen LogP) is 3.00. The summed E-state index contributed by atoms with van der Waals surface area (Å²) in [6.45, 7) is 9.63. The predicted molar refractivity (Wildman–Crippen MR) is 70.1 cm³/mol. The largest absolute Gasteiger partial charge is 0.481 e. The lowest BCUT2D eigenvalue weighted by atomic mass is 9.76. The molecule has 1 fully saturated rings. The zero-order valence-electron chi connectivity index (χ0n) is 11.6. The Labute approximate surface area is 105 Å². The highest BCUT2D eigenvalue weighted by Crippen LogP contribution is 2.34. The topological polar surface area (TPSA) is 40.5 Å². The van der Waals surface area contributed by atoms with Crippen molar-refractivity contribution in [3.8, 4) is 0 Å². The lowest BCUT2D eigenvalue weighted by molar-refractivity contribution is -0.146. The SMILES string of the molecule is CCC1CCC(C(=O)O)C(N(CC)C(C)C)C1. The third-order valence-electron chi connectivity index (χ3n) is 4.27. The summed E-state index contributed by atoms with van der Waals surface area (Å²) in [6.07, 6.45) is 4.17. The van der Waals surface area contributed by atoms with E-state index in [9.17, 15) is 9.90 Å². The molecule has 0 heterocycles. The molecule has 3 heteroatoms. The number of carboxylic acids is 1. The molecule has 0 aromatic rings. The van der Waals surface area contributed by atoms with Crippen LogP contribution in [0.5, 0.6) is 0 Å². The molecule has 1 N–H and O–H groups in total. The Bertz CT molecular complexity index is 253. The molecular weight excluding hydrogens is 214 g/mol. The van der Waals surface area contributed by atoms with Gasteiger partial charge >= 0.3 is 5.97 Å². The van der Waals surface area contributed by atoms with E-state index in [2.05, 4.69) is 32.6 Å². The molecule has 0 aromatic heterocycles. The van der Waals surface area contributed by atoms with Crippen LogP contribution in [0.4, 0.5) is 0 Å². The van der Waals surface area contributed by atoms with Crippen LogP contribution in [0.2, 0.25) is 0 Å². The van der Waals surface area contributed by atoms with Gasteiger partial charge in [-0.3, -0.25) is 9.69 Å². The number of hydrogen-bond donors (Lipinski definition) is 1. The Hall–Kier alpha value is -0.570. The van der Waals surface area contributed by atoms with Crippen molar-refractivity contribution >= 4 is 5.97 Å². The Kier molecular flexibility index (Phi) is 5.44. The van der Waals surface area contributed by atoms with Gasteiger partial charge in [0.25, 0.3) is 0 Å². The maximum Gasteiger partial charge on any atom is 0.308 e. The van der Waals surface area contributed by atoms with Crippen molar-refractivity contribution in [2.24, 2.45) is 11.8 Å². The van der Waals surface area contributed by atoms with E-state index in [1.54, 1.807) is 0 Å². The standard InChI is InChI=1S/C14H27NO2/c1-5-11-7-8-12(14(16)17)13(9-11)15(6-2)10(3)4/h10-13H,5-9H2,1-4H3,(H,16,17). The van der Waals surface area contributed by atoms with Gasteiger partial charge < -0.3 is 5.11 Å². The lowest BCUT2D eigenvalue weighted by Crippen LogP contribution is -2.49. The summed E-state index contributed by atoms with van der Waals surface area (Å²) in [4.78, 5) is 13.7. The zero-order valence-corrected chi connectivity index (χ0v) is 11.6. The minimum atomic E-state index is -0.608. The van der Waals surface area contributed by atoms with Gasteiger partial charge in [0, 0.05) is 12.1 Å². The van der Waals surface area contributed by atoms with Crippen molar-refractivity contribution in [3.63, 3.8) is 0 Å². The monoisotopic (exact) mass is 241 g/mol. The van der Waals surface area contributed by atoms with E-state index in [0.29, 0.717) is 12.0 Å². The van der Waals surface area contributed by atoms with Gasteiger partial charge in [0.05, 0.1) is 5.92 Å². The average molecular weight is 241 g/mol. The van der Waals surface area contributed by atoms with Crippen LogP contribution < -0.4 is 0 Å². The highest BCUT2D eigenvalue weighted by atomic mass is 16.4. The molecule has 17 heavy (non-hydrogen) atoms. The molecule has 0 amide bonds. The second-order valence-electron chi connectivity index (χ2n) is 5.52. The molecule has 0 aliphatic heterocycles. The van der Waals surface area contributed by atoms with E-state index in [0.717, 1.165) is 25.8 Å². The molecule has 1 aliphatic rings. The van der Waals surface area contributed by atoms with Crippen LogP contribution in [0, 0.1) is 11.8 Å². The molecule has 100 valence electrons. The molecular formula is C14H27NO2. The van der Waals surface area contributed by atoms with Crippen LogP contribution in [0.3, 0.4) is 0 Å². The van der Waals surface area contributed by atoms with Crippen molar-refractivity contribution in [1.29, 1.82) is 0 Å². The highest BCUT2D eigenvalue weighted by Gasteiger charge is 2.38. The van der Waals surface area contributed by atoms with E-state index in [1.165, 1.54) is 6.42 Å². The second kappa shape index (κ2) is 6.39. The summed E-state index contributed by atoms with van der Waals surface area (Å²) in [5, 5.41) is 9.37. The van der Waals surface area contributed by atoms with Crippen molar-refractivity contribution in [3.05, 3.63) is 0 Å². The van der Waals surface area contributed by atoms with Crippen molar-refractivity contribution in [2.45, 2.75) is 65.5 Å². The number of aliphatic carboxylic acids is 1. The first-order chi connectivity index (χ1) is 8.01. The molecule has 0 bridgehead atoms. The van der Waals surface area contributed by atoms with E-state index in [1.807, 2.05) is 0 Å². The molecule has 1 saturated carbocycles. The molecule has 0 aromatic carbocycles. The molecule has 1 rings (SSSR count). The number of hydrogen-bond acceptors (Lipinski definition) is 2. The van der Waals surface area contributed by atoms with Crippen LogP contribution in [0.1, 0.15) is 53.4 Å². The first-order valence-electron chi connectivity index (χ1n) is 6.99. The normalized spacial score (nSPS) is 29.9. The minimum Gasteiger partial charge on any atom is -0.481 e. The van der Waals surface area contributed by atoms with Gasteiger partial charge in [0.1, 0.15) is 0 Å². The van der Waals surface area contributed by atoms with Gasteiger partial charge in [0.2, 0.25) is 0 Å². The fourth-order valence-electron chi connectivity index (χ4n) is 3.24. The van der Waals surface area contributed by atoms with E-state index in [-0.39, 0.29) is 12.0 Å². The Morgan fingerprint density at radius 3 is 2.41 bits per heavy atom. The van der Waals surface area contributed by atoms with Gasteiger partial charge in [0.15, 0.2) is 0 Å². The van der Waals surface area contributed by atoms with Gasteiger partial charge in [-0.25, -0.2) is 0 Å². The Morgan fingerprint density at radius 2 is 2.00 bits per heavy atom. The molecule has 1 aliphatic carbocycles. The summed E-state index contributed by atoms with van der Waals surface area (Å²) < 4.78 is 0. The number of rotatable bonds is 5. The Morgan fingerprint density at radius 1 is 1.35 bits per heavy atom. The number of carboxylic acid groups (broad SMARTS) is 1. The summed E-state index contributed by atoms with van der Waals surface area (Å²) in [5.74, 6) is -0.0628. The third kappa shape index (κ3) is 3.44. The van der Waals surface area contributed by atoms with Crippen LogP contribution in [0.15, 0.2) is 0 Å². The molecule has 0 spiro atoms. The average Bonchev–Trinajstić information content (AvgIpc) is 2.29. The van der Waals surface area contributed by atoms with Gasteiger partial charge in [-0.05, 0) is 45.6 Å². The van der Waals surface area contributed by atoms with Crippen molar-refractivity contribution < 1.29 is 9.90 Å². The van der Waals surface area contributed by atoms with E-state index in [4.69, 9.17) is 0 Å². The van der Waals surface area contributed by atoms with Gasteiger partial charge in [-0.1, -0.05) is 20.3 Å². The van der Waals surface area contributed by atoms with Gasteiger partial charge in [-0.2, -0.15) is 0 Å². The van der Waals surface area contributed by atoms with Crippen LogP contribution in [0.25, 0.3) is 0 Å². The fourth-order valence-corrected chi connectivity index (χ4v) is 3.24. The summed E-state index contributed by atoms with van der Waals surface area (Å²) in [6, 6.07) is 0.665. The van der Waals surface area contributed by atoms with Crippen LogP contribution >= 0.6 is 0 Å². The summed E-state index contributed by atoms with van der Waals surface area (Å²) in [5.41, 5.74) is 0. The van der Waals surface area contributed by atoms with Crippen molar-refractivity contribution in [1.82, 2.24) is 4.90 Å². The Balaban J connectivity index is 2.82. The quantitative estimate of drug-likeness (QED) is 0.804. The number of carbonyl (C=O) groups is 1. The summed E-state index contributed by atoms with van der Waals surface area (Å²) >= 11 is 0. The van der Waals surface area contributed by atoms with E-state index >= 15 is 0 Å². The lowest BCUT2D eigenvalue weighted by Gasteiger charge is -2.42. The minimum absolute atomic E-state index is 0.167. The summed E-state index contributed by atoms with van der Waals surface area (Å²) in [7, 11) is 0. The first kappa shape index (κ1) is 14.5. The molecule has 3 atom stereocenters. The molecule has 0 radical (unpaired) electrons. The second-order valence-corrected chi connectivity index (χ2v) is 5.52. The van der Waals surface area contributed by atoms with Gasteiger partial charge in [-0.15, -0.1) is 0 Å². The van der Waals surface area contributed by atoms with E-state index < -0.39 is 5.97 Å². The van der Waals surface area contributed by atoms with Crippen LogP contribution in [-0.4, -0.2) is 34.6 Å². The molecule has 3 unspecified atom stereocenters. The molecule has 0 saturated heterocycles. The maximum absolute atomic E-state index is 11.4. The highest BCUT2D eigenvalue weighted by molar-refractivity contribution is 5.71. The van der Waals surface area contributed by atoms with Crippen molar-refractivity contribution in [2.75, 3.05) is 6.54 Å². The fraction of sp³-hybridized carbons (Fsp3) is 0.929. The smallest absolute Gasteiger partial charge is 0.308 e. The molecule has 3 nitrogen and oxygen atoms in total. The number of nitrogens with zero attached hydrogens (tertiary/aromatic N) is 1. The third-order valence-corrected chi connectivity index (χ3v) is 4.27. The van der Waals surface area contributed by atoms with Crippen LogP contribution in [-0.2, 0) is 4.79 Å². The maximum atomic E-state index is 11.4. The zero-order chi connectivity index (χ0) is 13.0.